The molecule has 0 bridgehead atoms. The summed E-state index contributed by atoms with van der Waals surface area (Å²) in [7, 11) is 0. The second-order valence-corrected chi connectivity index (χ2v) is 5.86. The number of aromatic nitrogens is 2. The van der Waals surface area contributed by atoms with Crippen LogP contribution in [0.15, 0.2) is 30.3 Å². The maximum Gasteiger partial charge on any atom is 0.312 e. The molecule has 0 fully saturated rings. The van der Waals surface area contributed by atoms with Crippen LogP contribution in [-0.2, 0) is 11.3 Å². The number of nitro groups is 1. The smallest absolute Gasteiger partial charge is 0.312 e. The number of aryl methyl sites for hydroxylation is 1. The summed E-state index contributed by atoms with van der Waals surface area (Å²) in [6.07, 6.45) is 0.537. The van der Waals surface area contributed by atoms with Gasteiger partial charge in [0.15, 0.2) is 0 Å². The first-order valence-corrected chi connectivity index (χ1v) is 8.05. The van der Waals surface area contributed by atoms with Gasteiger partial charge in [-0.3, -0.25) is 19.6 Å². The van der Waals surface area contributed by atoms with Crippen molar-refractivity contribution in [3.05, 3.63) is 57.4 Å². The molecule has 134 valence electrons. The van der Waals surface area contributed by atoms with Gasteiger partial charge in [-0.25, -0.2) is 0 Å². The molecule has 0 saturated heterocycles. The molecule has 1 aromatic heterocycles. The van der Waals surface area contributed by atoms with Crippen LogP contribution in [-0.4, -0.2) is 38.9 Å². The van der Waals surface area contributed by atoms with Crippen LogP contribution >= 0.6 is 0 Å². The predicted octanol–water partition coefficient (Wildman–Crippen LogP) is 1.69. The van der Waals surface area contributed by atoms with Gasteiger partial charge in [0.25, 0.3) is 0 Å². The highest BCUT2D eigenvalue weighted by atomic mass is 16.6. The minimum absolute atomic E-state index is 0.00457. The standard InChI is InChI=1S/C17H22N4O4/c1-12-17(21(24)25)13(2)20(19-12)11-16(23)18-10-15(8-9-22)14-6-4-3-5-7-14/h3-7,15,22H,8-11H2,1-2H3,(H,18,23). The first-order chi connectivity index (χ1) is 11.9. The summed E-state index contributed by atoms with van der Waals surface area (Å²) in [6, 6.07) is 9.65. The SMILES string of the molecule is Cc1nn(CC(=O)NCC(CCO)c2ccccc2)c(C)c1[N+](=O)[O-]. The molecule has 1 atom stereocenters. The summed E-state index contributed by atoms with van der Waals surface area (Å²) >= 11 is 0. The van der Waals surface area contributed by atoms with Gasteiger partial charge in [0, 0.05) is 19.1 Å². The van der Waals surface area contributed by atoms with Gasteiger partial charge in [-0.1, -0.05) is 30.3 Å². The van der Waals surface area contributed by atoms with E-state index in [1.165, 1.54) is 4.68 Å². The molecule has 1 aromatic carbocycles. The number of rotatable bonds is 8. The summed E-state index contributed by atoms with van der Waals surface area (Å²) < 4.78 is 1.34. The van der Waals surface area contributed by atoms with Gasteiger partial charge in [-0.2, -0.15) is 5.10 Å². The van der Waals surface area contributed by atoms with E-state index in [0.717, 1.165) is 5.56 Å². The fourth-order valence-electron chi connectivity index (χ4n) is 2.80. The second kappa shape index (κ2) is 8.39. The van der Waals surface area contributed by atoms with Gasteiger partial charge < -0.3 is 10.4 Å². The lowest BCUT2D eigenvalue weighted by atomic mass is 9.96. The van der Waals surface area contributed by atoms with Crippen LogP contribution in [0.4, 0.5) is 5.69 Å². The van der Waals surface area contributed by atoms with E-state index in [1.807, 2.05) is 30.3 Å². The molecule has 0 aliphatic heterocycles. The molecule has 25 heavy (non-hydrogen) atoms. The fourth-order valence-corrected chi connectivity index (χ4v) is 2.80. The van der Waals surface area contributed by atoms with Gasteiger partial charge in [0.2, 0.25) is 5.91 Å². The Kier molecular flexibility index (Phi) is 6.24. The van der Waals surface area contributed by atoms with Crippen molar-refractivity contribution < 1.29 is 14.8 Å². The van der Waals surface area contributed by atoms with Crippen LogP contribution < -0.4 is 5.32 Å². The molecule has 0 aliphatic carbocycles. The number of carbonyl (C=O) groups is 1. The van der Waals surface area contributed by atoms with Crippen LogP contribution in [0.1, 0.15) is 29.3 Å². The third kappa shape index (κ3) is 4.63. The van der Waals surface area contributed by atoms with Gasteiger partial charge in [0.05, 0.1) is 4.92 Å². The largest absolute Gasteiger partial charge is 0.396 e. The van der Waals surface area contributed by atoms with E-state index >= 15 is 0 Å². The molecule has 0 radical (unpaired) electrons. The van der Waals surface area contributed by atoms with Crippen molar-refractivity contribution in [3.8, 4) is 0 Å². The van der Waals surface area contributed by atoms with Gasteiger partial charge in [0.1, 0.15) is 17.9 Å². The first-order valence-electron chi connectivity index (χ1n) is 8.05. The topological polar surface area (TPSA) is 110 Å². The quantitative estimate of drug-likeness (QED) is 0.558. The van der Waals surface area contributed by atoms with E-state index in [4.69, 9.17) is 0 Å². The number of hydrogen-bond donors (Lipinski definition) is 2. The fraction of sp³-hybridized carbons (Fsp3) is 0.412. The third-order valence-corrected chi connectivity index (χ3v) is 4.11. The van der Waals surface area contributed by atoms with E-state index in [9.17, 15) is 20.0 Å². The molecule has 1 unspecified atom stereocenters. The Balaban J connectivity index is 2.00. The maximum absolute atomic E-state index is 12.2. The Morgan fingerprint density at radius 2 is 2.04 bits per heavy atom. The normalized spacial score (nSPS) is 12.0. The summed E-state index contributed by atoms with van der Waals surface area (Å²) in [5.74, 6) is -0.274. The van der Waals surface area contributed by atoms with Crippen molar-refractivity contribution in [1.82, 2.24) is 15.1 Å². The zero-order valence-corrected chi connectivity index (χ0v) is 14.3. The van der Waals surface area contributed by atoms with E-state index in [2.05, 4.69) is 10.4 Å². The number of carbonyl (C=O) groups excluding carboxylic acids is 1. The Labute approximate surface area is 145 Å². The molecule has 2 N–H and O–H groups in total. The molecule has 2 rings (SSSR count). The number of amides is 1. The van der Waals surface area contributed by atoms with E-state index in [0.29, 0.717) is 18.7 Å². The zero-order valence-electron chi connectivity index (χ0n) is 14.3. The van der Waals surface area contributed by atoms with Crippen LogP contribution in [0, 0.1) is 24.0 Å². The number of aliphatic hydroxyl groups is 1. The molecule has 1 heterocycles. The summed E-state index contributed by atoms with van der Waals surface area (Å²) in [6.45, 7) is 3.45. The maximum atomic E-state index is 12.2. The number of benzene rings is 1. The van der Waals surface area contributed by atoms with E-state index < -0.39 is 4.92 Å². The van der Waals surface area contributed by atoms with Crippen molar-refractivity contribution in [2.45, 2.75) is 32.7 Å². The van der Waals surface area contributed by atoms with Crippen molar-refractivity contribution in [2.24, 2.45) is 0 Å². The molecule has 2 aromatic rings. The van der Waals surface area contributed by atoms with E-state index in [1.54, 1.807) is 13.8 Å². The monoisotopic (exact) mass is 346 g/mol. The van der Waals surface area contributed by atoms with Crippen LogP contribution in [0.2, 0.25) is 0 Å². The summed E-state index contributed by atoms with van der Waals surface area (Å²) in [5.41, 5.74) is 1.62. The van der Waals surface area contributed by atoms with Crippen molar-refractivity contribution in [3.63, 3.8) is 0 Å². The molecular weight excluding hydrogens is 324 g/mol. The summed E-state index contributed by atoms with van der Waals surface area (Å²) in [4.78, 5) is 22.7. The second-order valence-electron chi connectivity index (χ2n) is 5.86. The molecule has 8 heteroatoms. The zero-order chi connectivity index (χ0) is 18.4. The molecule has 1 amide bonds. The molecule has 8 nitrogen and oxygen atoms in total. The number of nitrogens with zero attached hydrogens (tertiary/aromatic N) is 3. The minimum atomic E-state index is -0.487. The predicted molar refractivity (Wildman–Crippen MR) is 92.3 cm³/mol. The first kappa shape index (κ1) is 18.6. The molecule has 0 aliphatic rings. The van der Waals surface area contributed by atoms with Crippen LogP contribution in [0.3, 0.4) is 0 Å². The van der Waals surface area contributed by atoms with E-state index in [-0.39, 0.29) is 36.4 Å². The lowest BCUT2D eigenvalue weighted by molar-refractivity contribution is -0.386. The van der Waals surface area contributed by atoms with Crippen molar-refractivity contribution in [1.29, 1.82) is 0 Å². The van der Waals surface area contributed by atoms with Crippen LogP contribution in [0.25, 0.3) is 0 Å². The van der Waals surface area contributed by atoms with Gasteiger partial charge in [-0.05, 0) is 25.8 Å². The average Bonchev–Trinajstić information content (AvgIpc) is 2.86. The molecule has 0 spiro atoms. The van der Waals surface area contributed by atoms with Gasteiger partial charge >= 0.3 is 5.69 Å². The third-order valence-electron chi connectivity index (χ3n) is 4.11. The Morgan fingerprint density at radius 1 is 1.36 bits per heavy atom. The Morgan fingerprint density at radius 3 is 2.60 bits per heavy atom. The van der Waals surface area contributed by atoms with Crippen molar-refractivity contribution >= 4 is 11.6 Å². The Hall–Kier alpha value is -2.74. The highest BCUT2D eigenvalue weighted by Gasteiger charge is 2.23. The molecule has 0 saturated carbocycles. The lowest BCUT2D eigenvalue weighted by Crippen LogP contribution is -2.32. The highest BCUT2D eigenvalue weighted by molar-refractivity contribution is 5.76. The molecular formula is C17H22N4O4. The van der Waals surface area contributed by atoms with Crippen molar-refractivity contribution in [2.75, 3.05) is 13.2 Å². The summed E-state index contributed by atoms with van der Waals surface area (Å²) in [5, 5.41) is 27.1. The number of aliphatic hydroxyl groups excluding tert-OH is 1. The van der Waals surface area contributed by atoms with Gasteiger partial charge in [-0.15, -0.1) is 0 Å². The average molecular weight is 346 g/mol. The number of nitrogens with one attached hydrogen (secondary N) is 1. The minimum Gasteiger partial charge on any atom is -0.396 e. The lowest BCUT2D eigenvalue weighted by Gasteiger charge is -2.17. The number of hydrogen-bond acceptors (Lipinski definition) is 5. The van der Waals surface area contributed by atoms with Crippen LogP contribution in [0.5, 0.6) is 0 Å². The Bertz CT molecular complexity index is 743. The highest BCUT2D eigenvalue weighted by Crippen LogP contribution is 2.22.